The Morgan fingerprint density at radius 3 is 2.77 bits per heavy atom. The Labute approximate surface area is 132 Å². The molecule has 0 unspecified atom stereocenters. The number of rotatable bonds is 7. The van der Waals surface area contributed by atoms with Gasteiger partial charge in [-0.2, -0.15) is 0 Å². The van der Waals surface area contributed by atoms with Crippen molar-refractivity contribution in [3.8, 4) is 18.1 Å². The molecule has 1 rings (SSSR count). The predicted octanol–water partition coefficient (Wildman–Crippen LogP) is 2.30. The molecule has 0 radical (unpaired) electrons. The molecule has 0 spiro atoms. The summed E-state index contributed by atoms with van der Waals surface area (Å²) in [6.45, 7) is 6.36. The number of nitrogens with one attached hydrogen (secondary N) is 1. The number of hydrogen-bond donors (Lipinski definition) is 2. The predicted molar refractivity (Wildman–Crippen MR) is 86.6 cm³/mol. The van der Waals surface area contributed by atoms with E-state index >= 15 is 0 Å². The molecule has 0 aromatic heterocycles. The minimum absolute atomic E-state index is 0.0600. The molecule has 0 fully saturated rings. The first-order valence-corrected chi connectivity index (χ1v) is 7.44. The summed E-state index contributed by atoms with van der Waals surface area (Å²) in [5.41, 5.74) is 2.22. The molecular formula is C17H24N2O3. The summed E-state index contributed by atoms with van der Waals surface area (Å²) in [5, 5.41) is 12.3. The Kier molecular flexibility index (Phi) is 7.44. The number of ether oxygens (including phenoxy) is 1. The van der Waals surface area contributed by atoms with Gasteiger partial charge in [-0.1, -0.05) is 18.9 Å². The zero-order chi connectivity index (χ0) is 16.5. The van der Waals surface area contributed by atoms with Crippen molar-refractivity contribution in [3.63, 3.8) is 0 Å². The van der Waals surface area contributed by atoms with Crippen molar-refractivity contribution in [1.29, 1.82) is 0 Å². The summed E-state index contributed by atoms with van der Waals surface area (Å²) in [4.78, 5) is 13.1. The monoisotopic (exact) mass is 304 g/mol. The molecule has 22 heavy (non-hydrogen) atoms. The Morgan fingerprint density at radius 2 is 2.23 bits per heavy atom. The van der Waals surface area contributed by atoms with Gasteiger partial charge in [-0.3, -0.25) is 10.2 Å². The third kappa shape index (κ3) is 4.76. The van der Waals surface area contributed by atoms with Crippen molar-refractivity contribution in [1.82, 2.24) is 10.2 Å². The van der Waals surface area contributed by atoms with Crippen LogP contribution < -0.4 is 10.1 Å². The van der Waals surface area contributed by atoms with Crippen molar-refractivity contribution in [2.75, 3.05) is 19.8 Å². The number of nitrogens with zero attached hydrogens (tertiary/aromatic N) is 1. The molecule has 0 aliphatic heterocycles. The summed E-state index contributed by atoms with van der Waals surface area (Å²) >= 11 is 0. The molecule has 1 atom stereocenters. The number of terminal acetylenes is 1. The maximum absolute atomic E-state index is 11.9. The minimum atomic E-state index is -0.565. The largest absolute Gasteiger partial charge is 0.417 e. The van der Waals surface area contributed by atoms with E-state index in [0.29, 0.717) is 18.8 Å². The van der Waals surface area contributed by atoms with Crippen LogP contribution in [-0.4, -0.2) is 35.9 Å². The van der Waals surface area contributed by atoms with Crippen LogP contribution in [0.3, 0.4) is 0 Å². The molecule has 0 saturated carbocycles. The summed E-state index contributed by atoms with van der Waals surface area (Å²) in [5.74, 6) is 3.01. The Balaban J connectivity index is 2.94. The van der Waals surface area contributed by atoms with Gasteiger partial charge >= 0.3 is 6.09 Å². The van der Waals surface area contributed by atoms with E-state index in [4.69, 9.17) is 16.3 Å². The van der Waals surface area contributed by atoms with E-state index in [1.54, 1.807) is 13.0 Å². The smallest absolute Gasteiger partial charge is 0.410 e. The Morgan fingerprint density at radius 1 is 1.50 bits per heavy atom. The van der Waals surface area contributed by atoms with Gasteiger partial charge in [0.1, 0.15) is 12.5 Å². The van der Waals surface area contributed by atoms with Gasteiger partial charge in [0.15, 0.2) is 0 Å². The van der Waals surface area contributed by atoms with Gasteiger partial charge in [-0.05, 0) is 43.5 Å². The first kappa shape index (κ1) is 18.0. The fourth-order valence-corrected chi connectivity index (χ4v) is 2.14. The van der Waals surface area contributed by atoms with Crippen molar-refractivity contribution < 1.29 is 14.6 Å². The molecule has 120 valence electrons. The van der Waals surface area contributed by atoms with E-state index in [9.17, 15) is 4.79 Å². The number of aryl methyl sites for hydroxylation is 1. The number of benzene rings is 1. The normalized spacial score (nSPS) is 11.6. The third-order valence-electron chi connectivity index (χ3n) is 3.49. The van der Waals surface area contributed by atoms with Crippen LogP contribution in [0.1, 0.15) is 37.9 Å². The molecule has 1 amide bonds. The average molecular weight is 304 g/mol. The standard InChI is InChI=1S/C17H24N2O3/c1-5-10-18-13(4)16-11-15(9-8-14(16)6-2)22-17(21)19(7-3)12-20/h1,8-9,11,13,18,20H,6-7,10,12H2,2-4H3/t13-/m1/s1. The van der Waals surface area contributed by atoms with Crippen LogP contribution in [0, 0.1) is 12.3 Å². The molecule has 5 heteroatoms. The number of aliphatic hydroxyl groups is 1. The maximum Gasteiger partial charge on any atom is 0.417 e. The molecule has 0 aliphatic rings. The first-order chi connectivity index (χ1) is 10.6. The first-order valence-electron chi connectivity index (χ1n) is 7.44. The second-order valence-electron chi connectivity index (χ2n) is 4.89. The van der Waals surface area contributed by atoms with E-state index in [1.807, 2.05) is 19.1 Å². The van der Waals surface area contributed by atoms with Crippen LogP contribution in [0.25, 0.3) is 0 Å². The highest BCUT2D eigenvalue weighted by atomic mass is 16.6. The number of amides is 1. The van der Waals surface area contributed by atoms with Gasteiger partial charge in [0.2, 0.25) is 0 Å². The Hall–Kier alpha value is -2.03. The molecule has 1 aromatic rings. The zero-order valence-corrected chi connectivity index (χ0v) is 13.4. The molecular weight excluding hydrogens is 280 g/mol. The minimum Gasteiger partial charge on any atom is -0.410 e. The fourth-order valence-electron chi connectivity index (χ4n) is 2.14. The molecule has 0 aliphatic carbocycles. The van der Waals surface area contributed by atoms with Gasteiger partial charge in [0.05, 0.1) is 6.54 Å². The number of aliphatic hydroxyl groups excluding tert-OH is 1. The SMILES string of the molecule is C#CCN[C@H](C)c1cc(OC(=O)N(CC)CO)ccc1CC. The summed E-state index contributed by atoms with van der Waals surface area (Å²) in [6, 6.07) is 5.61. The van der Waals surface area contributed by atoms with Gasteiger partial charge in [-0.25, -0.2) is 4.79 Å². The van der Waals surface area contributed by atoms with E-state index in [-0.39, 0.29) is 12.8 Å². The van der Waals surface area contributed by atoms with Crippen molar-refractivity contribution in [2.45, 2.75) is 33.2 Å². The molecule has 2 N–H and O–H groups in total. The topological polar surface area (TPSA) is 61.8 Å². The van der Waals surface area contributed by atoms with Crippen molar-refractivity contribution in [2.24, 2.45) is 0 Å². The fraction of sp³-hybridized carbons (Fsp3) is 0.471. The van der Waals surface area contributed by atoms with Crippen LogP contribution >= 0.6 is 0 Å². The van der Waals surface area contributed by atoms with E-state index < -0.39 is 6.09 Å². The zero-order valence-electron chi connectivity index (χ0n) is 13.4. The highest BCUT2D eigenvalue weighted by Crippen LogP contribution is 2.24. The third-order valence-corrected chi connectivity index (χ3v) is 3.49. The number of carbonyl (C=O) groups excluding carboxylic acids is 1. The lowest BCUT2D eigenvalue weighted by Crippen LogP contribution is -2.34. The van der Waals surface area contributed by atoms with Crippen LogP contribution in [-0.2, 0) is 6.42 Å². The molecule has 5 nitrogen and oxygen atoms in total. The van der Waals surface area contributed by atoms with E-state index in [0.717, 1.165) is 12.0 Å². The maximum atomic E-state index is 11.9. The van der Waals surface area contributed by atoms with Crippen molar-refractivity contribution >= 4 is 6.09 Å². The van der Waals surface area contributed by atoms with Crippen LogP contribution in [0.4, 0.5) is 4.79 Å². The highest BCUT2D eigenvalue weighted by Gasteiger charge is 2.15. The lowest BCUT2D eigenvalue weighted by molar-refractivity contribution is 0.0973. The van der Waals surface area contributed by atoms with Crippen LogP contribution in [0.5, 0.6) is 5.75 Å². The summed E-state index contributed by atoms with van der Waals surface area (Å²) < 4.78 is 5.31. The van der Waals surface area contributed by atoms with Crippen LogP contribution in [0.2, 0.25) is 0 Å². The van der Waals surface area contributed by atoms with Crippen molar-refractivity contribution in [3.05, 3.63) is 29.3 Å². The van der Waals surface area contributed by atoms with Gasteiger partial charge in [0, 0.05) is 12.6 Å². The quantitative estimate of drug-likeness (QED) is 0.599. The van der Waals surface area contributed by atoms with Gasteiger partial charge in [0.25, 0.3) is 0 Å². The van der Waals surface area contributed by atoms with E-state index in [1.165, 1.54) is 10.5 Å². The second kappa shape index (κ2) is 9.08. The lowest BCUT2D eigenvalue weighted by atomic mass is 9.99. The second-order valence-corrected chi connectivity index (χ2v) is 4.89. The summed E-state index contributed by atoms with van der Waals surface area (Å²) in [7, 11) is 0. The van der Waals surface area contributed by atoms with Gasteiger partial charge < -0.3 is 9.84 Å². The number of carbonyl (C=O) groups is 1. The number of hydrogen-bond acceptors (Lipinski definition) is 4. The van der Waals surface area contributed by atoms with E-state index in [2.05, 4.69) is 18.2 Å². The van der Waals surface area contributed by atoms with Crippen LogP contribution in [0.15, 0.2) is 18.2 Å². The lowest BCUT2D eigenvalue weighted by Gasteiger charge is -2.20. The average Bonchev–Trinajstić information content (AvgIpc) is 2.53. The highest BCUT2D eigenvalue weighted by molar-refractivity contribution is 5.70. The Bertz CT molecular complexity index is 533. The molecule has 1 aromatic carbocycles. The van der Waals surface area contributed by atoms with Gasteiger partial charge in [-0.15, -0.1) is 6.42 Å². The molecule has 0 bridgehead atoms. The molecule has 0 saturated heterocycles. The molecule has 0 heterocycles. The summed E-state index contributed by atoms with van der Waals surface area (Å²) in [6.07, 6.45) is 5.59.